The molecular weight excluding hydrogens is 514 g/mol. The number of piperidine rings is 1. The Bertz CT molecular complexity index is 1380. The number of carbonyl (C=O) groups excluding carboxylic acids is 5. The molecule has 2 aromatic rings. The number of carbonyl (C=O) groups is 5. The van der Waals surface area contributed by atoms with Crippen LogP contribution in [-0.2, 0) is 19.2 Å². The van der Waals surface area contributed by atoms with Crippen molar-refractivity contribution < 1.29 is 28.7 Å². The van der Waals surface area contributed by atoms with Gasteiger partial charge in [0.15, 0.2) is 0 Å². The van der Waals surface area contributed by atoms with Crippen molar-refractivity contribution in [3.8, 4) is 5.75 Å². The van der Waals surface area contributed by atoms with Crippen LogP contribution in [0.2, 0.25) is 0 Å². The number of nitrogens with zero attached hydrogens (tertiary/aromatic N) is 1. The van der Waals surface area contributed by atoms with Crippen LogP contribution in [0.4, 0.5) is 0 Å². The number of methoxy groups -OCH3 is 1. The first-order chi connectivity index (χ1) is 19.2. The summed E-state index contributed by atoms with van der Waals surface area (Å²) in [5.74, 6) is -2.23. The Morgan fingerprint density at radius 2 is 1.93 bits per heavy atom. The number of benzene rings is 1. The molecule has 2 aliphatic carbocycles. The van der Waals surface area contributed by atoms with Gasteiger partial charge in [0.2, 0.25) is 17.6 Å². The zero-order valence-electron chi connectivity index (χ0n) is 22.6. The van der Waals surface area contributed by atoms with Gasteiger partial charge in [-0.15, -0.1) is 0 Å². The van der Waals surface area contributed by atoms with E-state index in [0.29, 0.717) is 37.4 Å². The van der Waals surface area contributed by atoms with Crippen molar-refractivity contribution in [1.82, 2.24) is 25.8 Å². The third-order valence-electron chi connectivity index (χ3n) is 8.92. The van der Waals surface area contributed by atoms with E-state index in [1.54, 1.807) is 18.1 Å². The Kier molecular flexibility index (Phi) is 6.75. The molecule has 0 radical (unpaired) electrons. The maximum absolute atomic E-state index is 13.8. The van der Waals surface area contributed by atoms with E-state index < -0.39 is 35.6 Å². The van der Waals surface area contributed by atoms with Crippen LogP contribution < -0.4 is 20.7 Å². The summed E-state index contributed by atoms with van der Waals surface area (Å²) in [6, 6.07) is 5.29. The van der Waals surface area contributed by atoms with E-state index in [2.05, 4.69) is 20.9 Å². The molecule has 40 heavy (non-hydrogen) atoms. The highest BCUT2D eigenvalue weighted by Gasteiger charge is 2.51. The summed E-state index contributed by atoms with van der Waals surface area (Å²) in [6.45, 7) is 0.915. The fourth-order valence-corrected chi connectivity index (χ4v) is 6.05. The summed E-state index contributed by atoms with van der Waals surface area (Å²) in [5.41, 5.74) is 1.18. The predicted octanol–water partition coefficient (Wildman–Crippen LogP) is 1.42. The Balaban J connectivity index is 1.23. The normalized spacial score (nSPS) is 23.9. The van der Waals surface area contributed by atoms with Crippen molar-refractivity contribution in [2.45, 2.75) is 69.5 Å². The third kappa shape index (κ3) is 5.29. The molecule has 4 N–H and O–H groups in total. The van der Waals surface area contributed by atoms with E-state index >= 15 is 0 Å². The average Bonchev–Trinajstić information content (AvgIpc) is 3.84. The van der Waals surface area contributed by atoms with E-state index in [4.69, 9.17) is 4.74 Å². The first-order valence-electron chi connectivity index (χ1n) is 14.2. The molecule has 4 fully saturated rings. The quantitative estimate of drug-likeness (QED) is 0.348. The van der Waals surface area contributed by atoms with Gasteiger partial charge in [-0.25, -0.2) is 0 Å². The number of aromatic nitrogens is 1. The van der Waals surface area contributed by atoms with Gasteiger partial charge in [0, 0.05) is 36.0 Å². The predicted molar refractivity (Wildman–Crippen MR) is 144 cm³/mol. The Labute approximate surface area is 231 Å². The number of hydrogen-bond acceptors (Lipinski definition) is 6. The van der Waals surface area contributed by atoms with Gasteiger partial charge in [0.05, 0.1) is 13.2 Å². The van der Waals surface area contributed by atoms with Crippen LogP contribution in [0.5, 0.6) is 5.75 Å². The smallest absolute Gasteiger partial charge is 0.289 e. The molecule has 4 aliphatic rings. The second kappa shape index (κ2) is 10.3. The van der Waals surface area contributed by atoms with Crippen molar-refractivity contribution in [2.24, 2.45) is 11.3 Å². The van der Waals surface area contributed by atoms with Crippen LogP contribution in [-0.4, -0.2) is 77.6 Å². The maximum Gasteiger partial charge on any atom is 0.289 e. The lowest BCUT2D eigenvalue weighted by Gasteiger charge is -2.39. The van der Waals surface area contributed by atoms with Crippen LogP contribution in [0.25, 0.3) is 10.9 Å². The molecule has 4 amide bonds. The van der Waals surface area contributed by atoms with Crippen molar-refractivity contribution in [1.29, 1.82) is 0 Å². The molecule has 2 saturated carbocycles. The summed E-state index contributed by atoms with van der Waals surface area (Å²) < 4.78 is 5.30. The second-order valence-corrected chi connectivity index (χ2v) is 11.8. The fraction of sp³-hybridized carbons (Fsp3) is 0.552. The van der Waals surface area contributed by atoms with Crippen LogP contribution in [0.15, 0.2) is 24.3 Å². The highest BCUT2D eigenvalue weighted by Crippen LogP contribution is 2.55. The standard InChI is InChI=1S/C29H35N5O6/c1-40-19-4-5-20-17(12-19)14-22(32-20)28(39)34-11-9-29(7-8-29)15-23(34)26(37)33-21(13-16-6-10-30-25(16)36)24(35)27(38)31-18-2-3-18/h4-5,12,14,16,18,21,23,32H,2-3,6-11,13,15H2,1H3,(H,30,36)(H,31,38)(H,33,37)/t16-,21?,23-/m0/s1. The Morgan fingerprint density at radius 1 is 1.12 bits per heavy atom. The van der Waals surface area contributed by atoms with Crippen LogP contribution in [0, 0.1) is 11.3 Å². The molecule has 11 nitrogen and oxygen atoms in total. The first-order valence-corrected chi connectivity index (χ1v) is 14.2. The highest BCUT2D eigenvalue weighted by molar-refractivity contribution is 6.38. The monoisotopic (exact) mass is 549 g/mol. The molecule has 6 rings (SSSR count). The van der Waals surface area contributed by atoms with Crippen molar-refractivity contribution in [3.63, 3.8) is 0 Å². The number of rotatable bonds is 9. The summed E-state index contributed by atoms with van der Waals surface area (Å²) in [5, 5.41) is 9.07. The van der Waals surface area contributed by atoms with E-state index in [-0.39, 0.29) is 29.7 Å². The molecule has 2 saturated heterocycles. The molecule has 2 aliphatic heterocycles. The van der Waals surface area contributed by atoms with E-state index in [9.17, 15) is 24.0 Å². The number of ether oxygens (including phenoxy) is 1. The molecule has 1 aromatic carbocycles. The highest BCUT2D eigenvalue weighted by atomic mass is 16.5. The average molecular weight is 550 g/mol. The Hall–Kier alpha value is -3.89. The number of hydrogen-bond donors (Lipinski definition) is 4. The minimum Gasteiger partial charge on any atom is -0.497 e. The number of H-pyrrole nitrogens is 1. The molecule has 1 unspecified atom stereocenters. The first kappa shape index (κ1) is 26.3. The zero-order chi connectivity index (χ0) is 28.0. The zero-order valence-corrected chi connectivity index (χ0v) is 22.6. The lowest BCUT2D eigenvalue weighted by Crippen LogP contribution is -2.58. The van der Waals surface area contributed by atoms with E-state index in [1.807, 2.05) is 18.2 Å². The minimum absolute atomic E-state index is 0.0139. The van der Waals surface area contributed by atoms with Gasteiger partial charge < -0.3 is 30.6 Å². The van der Waals surface area contributed by atoms with Gasteiger partial charge in [-0.3, -0.25) is 24.0 Å². The SMILES string of the molecule is COc1ccc2[nH]c(C(=O)N3CCC4(CC4)C[C@H]3C(=O)NC(C[C@@H]3CCNC3=O)C(=O)C(=O)NC3CC3)cc2c1. The van der Waals surface area contributed by atoms with Crippen LogP contribution in [0.1, 0.15) is 61.9 Å². The van der Waals surface area contributed by atoms with E-state index in [1.165, 1.54) is 0 Å². The maximum atomic E-state index is 13.8. The van der Waals surface area contributed by atoms with Gasteiger partial charge in [-0.1, -0.05) is 0 Å². The number of likely N-dealkylation sites (tertiary alicyclic amines) is 1. The summed E-state index contributed by atoms with van der Waals surface area (Å²) >= 11 is 0. The van der Waals surface area contributed by atoms with Gasteiger partial charge in [0.25, 0.3) is 11.8 Å². The number of amides is 4. The third-order valence-corrected chi connectivity index (χ3v) is 8.92. The summed E-state index contributed by atoms with van der Waals surface area (Å²) in [7, 11) is 1.58. The number of aromatic amines is 1. The fourth-order valence-electron chi connectivity index (χ4n) is 6.05. The molecule has 3 atom stereocenters. The van der Waals surface area contributed by atoms with Crippen molar-refractivity contribution in [3.05, 3.63) is 30.0 Å². The van der Waals surface area contributed by atoms with Gasteiger partial charge in [0.1, 0.15) is 17.5 Å². The van der Waals surface area contributed by atoms with E-state index in [0.717, 1.165) is 43.0 Å². The van der Waals surface area contributed by atoms with Gasteiger partial charge in [-0.2, -0.15) is 0 Å². The minimum atomic E-state index is -1.14. The van der Waals surface area contributed by atoms with Crippen molar-refractivity contribution >= 4 is 40.3 Å². The van der Waals surface area contributed by atoms with Gasteiger partial charge >= 0.3 is 0 Å². The number of nitrogens with one attached hydrogen (secondary N) is 4. The molecule has 212 valence electrons. The summed E-state index contributed by atoms with van der Waals surface area (Å²) in [6.07, 6.45) is 5.53. The summed E-state index contributed by atoms with van der Waals surface area (Å²) in [4.78, 5) is 70.4. The molecule has 11 heteroatoms. The largest absolute Gasteiger partial charge is 0.497 e. The van der Waals surface area contributed by atoms with Gasteiger partial charge in [-0.05, 0) is 81.0 Å². The number of fused-ring (bicyclic) bond motifs is 1. The van der Waals surface area contributed by atoms with Crippen LogP contribution >= 0.6 is 0 Å². The molecular formula is C29H35N5O6. The lowest BCUT2D eigenvalue weighted by molar-refractivity contribution is -0.141. The Morgan fingerprint density at radius 3 is 2.60 bits per heavy atom. The molecule has 0 bridgehead atoms. The molecule has 3 heterocycles. The van der Waals surface area contributed by atoms with Crippen LogP contribution in [0.3, 0.4) is 0 Å². The number of Topliss-reactive ketones (excluding diaryl/α,β-unsaturated/α-hetero) is 1. The molecule has 1 aromatic heterocycles. The molecule has 1 spiro atoms. The topological polar surface area (TPSA) is 150 Å². The number of ketones is 1. The lowest BCUT2D eigenvalue weighted by atomic mass is 9.86. The second-order valence-electron chi connectivity index (χ2n) is 11.8. The van der Waals surface area contributed by atoms with Crippen molar-refractivity contribution in [2.75, 3.05) is 20.2 Å².